The van der Waals surface area contributed by atoms with Crippen LogP contribution < -0.4 is 5.32 Å². The van der Waals surface area contributed by atoms with Crippen molar-refractivity contribution in [1.29, 1.82) is 0 Å². The van der Waals surface area contributed by atoms with Crippen LogP contribution in [0.2, 0.25) is 0 Å². The lowest BCUT2D eigenvalue weighted by atomic mass is 9.96. The minimum Gasteiger partial charge on any atom is -0.323 e. The van der Waals surface area contributed by atoms with E-state index >= 15 is 0 Å². The maximum Gasteiger partial charge on any atom is 0.229 e. The maximum atomic E-state index is 13.1. The summed E-state index contributed by atoms with van der Waals surface area (Å²) in [5.41, 5.74) is 0.827. The summed E-state index contributed by atoms with van der Waals surface area (Å²) in [6.07, 6.45) is 3.80. The summed E-state index contributed by atoms with van der Waals surface area (Å²) in [4.78, 5) is 11.9. The van der Waals surface area contributed by atoms with Gasteiger partial charge in [-0.1, -0.05) is 26.8 Å². The van der Waals surface area contributed by atoms with E-state index in [-0.39, 0.29) is 5.91 Å². The second kappa shape index (κ2) is 6.25. The van der Waals surface area contributed by atoms with Crippen molar-refractivity contribution < 1.29 is 13.6 Å². The van der Waals surface area contributed by atoms with E-state index in [9.17, 15) is 13.6 Å². The van der Waals surface area contributed by atoms with Crippen LogP contribution in [0.15, 0.2) is 30.6 Å². The van der Waals surface area contributed by atoms with Crippen LogP contribution in [0.3, 0.4) is 0 Å². The average Bonchev–Trinajstić information content (AvgIpc) is 2.87. The molecule has 0 saturated heterocycles. The number of carbonyl (C=O) groups excluding carboxylic acids is 1. The number of anilines is 1. The van der Waals surface area contributed by atoms with Crippen molar-refractivity contribution in [2.45, 2.75) is 33.7 Å². The van der Waals surface area contributed by atoms with Gasteiger partial charge in [0.05, 0.1) is 11.9 Å². The first-order valence-corrected chi connectivity index (χ1v) is 7.03. The van der Waals surface area contributed by atoms with Crippen molar-refractivity contribution in [3.8, 4) is 0 Å². The van der Waals surface area contributed by atoms with Crippen LogP contribution in [0.25, 0.3) is 0 Å². The van der Waals surface area contributed by atoms with Crippen molar-refractivity contribution in [3.63, 3.8) is 0 Å². The number of amides is 1. The topological polar surface area (TPSA) is 46.9 Å². The first kappa shape index (κ1) is 16.1. The van der Waals surface area contributed by atoms with E-state index in [4.69, 9.17) is 0 Å². The molecule has 0 atom stereocenters. The first-order valence-electron chi connectivity index (χ1n) is 7.03. The maximum absolute atomic E-state index is 13.1. The SMILES string of the molecule is CC(C)(C)C(=O)Nc1cnn(CCc2ccc(F)c(F)c2)c1. The highest BCUT2D eigenvalue weighted by atomic mass is 19.2. The third kappa shape index (κ3) is 4.13. The third-order valence-electron chi connectivity index (χ3n) is 3.19. The fraction of sp³-hybridized carbons (Fsp3) is 0.375. The molecule has 0 fully saturated rings. The summed E-state index contributed by atoms with van der Waals surface area (Å²) in [5, 5.41) is 6.93. The summed E-state index contributed by atoms with van der Waals surface area (Å²) in [6, 6.07) is 3.84. The fourth-order valence-electron chi connectivity index (χ4n) is 1.81. The molecule has 0 aliphatic carbocycles. The normalized spacial score (nSPS) is 11.5. The molecule has 1 N–H and O–H groups in total. The molecule has 0 aliphatic heterocycles. The molecule has 0 aliphatic rings. The van der Waals surface area contributed by atoms with Gasteiger partial charge in [-0.2, -0.15) is 5.10 Å². The van der Waals surface area contributed by atoms with E-state index < -0.39 is 17.0 Å². The molecule has 4 nitrogen and oxygen atoms in total. The Hall–Kier alpha value is -2.24. The number of nitrogens with one attached hydrogen (secondary N) is 1. The number of benzene rings is 1. The van der Waals surface area contributed by atoms with Gasteiger partial charge in [-0.15, -0.1) is 0 Å². The molecule has 0 bridgehead atoms. The van der Waals surface area contributed by atoms with Crippen LogP contribution in [0.5, 0.6) is 0 Å². The highest BCUT2D eigenvalue weighted by Gasteiger charge is 2.21. The van der Waals surface area contributed by atoms with E-state index in [1.165, 1.54) is 6.07 Å². The quantitative estimate of drug-likeness (QED) is 0.941. The minimum atomic E-state index is -0.852. The summed E-state index contributed by atoms with van der Waals surface area (Å²) >= 11 is 0. The predicted octanol–water partition coefficient (Wildman–Crippen LogP) is 3.39. The van der Waals surface area contributed by atoms with Gasteiger partial charge in [-0.3, -0.25) is 9.48 Å². The molecule has 1 aromatic heterocycles. The van der Waals surface area contributed by atoms with E-state index in [0.717, 1.165) is 6.07 Å². The van der Waals surface area contributed by atoms with Crippen LogP contribution in [0.1, 0.15) is 26.3 Å². The van der Waals surface area contributed by atoms with E-state index in [1.54, 1.807) is 23.1 Å². The first-order chi connectivity index (χ1) is 10.3. The van der Waals surface area contributed by atoms with E-state index in [0.29, 0.717) is 24.2 Å². The van der Waals surface area contributed by atoms with Gasteiger partial charge in [0.25, 0.3) is 0 Å². The van der Waals surface area contributed by atoms with Crippen molar-refractivity contribution in [1.82, 2.24) is 9.78 Å². The average molecular weight is 307 g/mol. The van der Waals surface area contributed by atoms with Gasteiger partial charge in [0.1, 0.15) is 0 Å². The van der Waals surface area contributed by atoms with Gasteiger partial charge >= 0.3 is 0 Å². The van der Waals surface area contributed by atoms with Crippen LogP contribution in [0, 0.1) is 17.0 Å². The summed E-state index contributed by atoms with van der Waals surface area (Å²) in [6.45, 7) is 6.00. The summed E-state index contributed by atoms with van der Waals surface area (Å²) in [7, 11) is 0. The molecule has 1 aromatic carbocycles. The van der Waals surface area contributed by atoms with Gasteiger partial charge in [0.2, 0.25) is 5.91 Å². The van der Waals surface area contributed by atoms with Crippen molar-refractivity contribution in [2.75, 3.05) is 5.32 Å². The van der Waals surface area contributed by atoms with Crippen LogP contribution >= 0.6 is 0 Å². The molecular formula is C16H19F2N3O. The van der Waals surface area contributed by atoms with Gasteiger partial charge in [0.15, 0.2) is 11.6 Å². The number of halogens is 2. The Morgan fingerprint density at radius 1 is 1.27 bits per heavy atom. The highest BCUT2D eigenvalue weighted by molar-refractivity contribution is 5.94. The lowest BCUT2D eigenvalue weighted by molar-refractivity contribution is -0.123. The Morgan fingerprint density at radius 2 is 2.00 bits per heavy atom. The predicted molar refractivity (Wildman–Crippen MR) is 80.4 cm³/mol. The van der Waals surface area contributed by atoms with Crippen LogP contribution in [-0.2, 0) is 17.8 Å². The molecule has 22 heavy (non-hydrogen) atoms. The third-order valence-corrected chi connectivity index (χ3v) is 3.19. The van der Waals surface area contributed by atoms with Crippen molar-refractivity contribution in [3.05, 3.63) is 47.8 Å². The van der Waals surface area contributed by atoms with E-state index in [1.807, 2.05) is 20.8 Å². The standard InChI is InChI=1S/C16H19F2N3O/c1-16(2,3)15(22)20-12-9-19-21(10-12)7-6-11-4-5-13(17)14(18)8-11/h4-5,8-10H,6-7H2,1-3H3,(H,20,22). The van der Waals surface area contributed by atoms with Gasteiger partial charge in [-0.05, 0) is 24.1 Å². The fourth-order valence-corrected chi connectivity index (χ4v) is 1.81. The molecule has 1 amide bonds. The zero-order valence-electron chi connectivity index (χ0n) is 12.9. The molecule has 118 valence electrons. The molecular weight excluding hydrogens is 288 g/mol. The van der Waals surface area contributed by atoms with Crippen molar-refractivity contribution >= 4 is 11.6 Å². The second-order valence-electron chi connectivity index (χ2n) is 6.19. The molecule has 2 rings (SSSR count). The monoisotopic (exact) mass is 307 g/mol. The number of hydrogen-bond donors (Lipinski definition) is 1. The number of aromatic nitrogens is 2. The molecule has 0 unspecified atom stereocenters. The Kier molecular flexibility index (Phi) is 4.59. The number of rotatable bonds is 4. The number of nitrogens with zero attached hydrogens (tertiary/aromatic N) is 2. The Bertz CT molecular complexity index is 674. The van der Waals surface area contributed by atoms with E-state index in [2.05, 4.69) is 10.4 Å². The lowest BCUT2D eigenvalue weighted by Crippen LogP contribution is -2.27. The largest absolute Gasteiger partial charge is 0.323 e. The molecule has 2 aromatic rings. The van der Waals surface area contributed by atoms with Gasteiger partial charge in [0, 0.05) is 18.2 Å². The van der Waals surface area contributed by atoms with Gasteiger partial charge in [-0.25, -0.2) is 8.78 Å². The molecule has 0 spiro atoms. The molecule has 1 heterocycles. The second-order valence-corrected chi connectivity index (χ2v) is 6.19. The van der Waals surface area contributed by atoms with Crippen LogP contribution in [-0.4, -0.2) is 15.7 Å². The summed E-state index contributed by atoms with van der Waals surface area (Å²) in [5.74, 6) is -1.79. The highest BCUT2D eigenvalue weighted by Crippen LogP contribution is 2.17. The Balaban J connectivity index is 1.94. The molecule has 0 saturated carbocycles. The van der Waals surface area contributed by atoms with Crippen LogP contribution in [0.4, 0.5) is 14.5 Å². The Labute approximate surface area is 128 Å². The smallest absolute Gasteiger partial charge is 0.229 e. The number of hydrogen-bond acceptors (Lipinski definition) is 2. The van der Waals surface area contributed by atoms with Crippen molar-refractivity contribution in [2.24, 2.45) is 5.41 Å². The minimum absolute atomic E-state index is 0.0901. The Morgan fingerprint density at radius 3 is 2.64 bits per heavy atom. The molecule has 0 radical (unpaired) electrons. The zero-order chi connectivity index (χ0) is 16.3. The number of carbonyl (C=O) groups is 1. The lowest BCUT2D eigenvalue weighted by Gasteiger charge is -2.16. The zero-order valence-corrected chi connectivity index (χ0v) is 12.9. The molecule has 6 heteroatoms. The summed E-state index contributed by atoms with van der Waals surface area (Å²) < 4.78 is 27.6. The number of aryl methyl sites for hydroxylation is 2. The van der Waals surface area contributed by atoms with Gasteiger partial charge < -0.3 is 5.32 Å².